The molecule has 0 bridgehead atoms. The summed E-state index contributed by atoms with van der Waals surface area (Å²) < 4.78 is 5.32. The average molecular weight is 363 g/mol. The first-order valence-corrected chi connectivity index (χ1v) is 8.92. The van der Waals surface area contributed by atoms with Crippen molar-refractivity contribution in [3.63, 3.8) is 0 Å². The molecule has 4 rings (SSSR count). The van der Waals surface area contributed by atoms with Crippen LogP contribution in [-0.2, 0) is 6.54 Å². The molecule has 0 saturated carbocycles. The highest BCUT2D eigenvalue weighted by Crippen LogP contribution is 2.19. The summed E-state index contributed by atoms with van der Waals surface area (Å²) in [6.45, 7) is 2.61. The second kappa shape index (κ2) is 7.59. The lowest BCUT2D eigenvalue weighted by atomic mass is 10.2. The normalized spacial score (nSPS) is 17.1. The smallest absolute Gasteiger partial charge is 0.274 e. The van der Waals surface area contributed by atoms with E-state index in [2.05, 4.69) is 32.3 Å². The van der Waals surface area contributed by atoms with Gasteiger partial charge in [0.1, 0.15) is 5.69 Å². The van der Waals surface area contributed by atoms with E-state index in [4.69, 9.17) is 10.2 Å². The zero-order valence-electron chi connectivity index (χ0n) is 14.8. The zero-order valence-corrected chi connectivity index (χ0v) is 14.8. The first kappa shape index (κ1) is 17.2. The molecule has 1 amide bonds. The molecule has 3 aromatic rings. The van der Waals surface area contributed by atoms with Crippen molar-refractivity contribution >= 4 is 11.7 Å². The lowest BCUT2D eigenvalue weighted by Crippen LogP contribution is -2.37. The lowest BCUT2D eigenvalue weighted by molar-refractivity contribution is 0.0933. The molecule has 1 saturated heterocycles. The Balaban J connectivity index is 1.40. The number of amides is 1. The summed E-state index contributed by atoms with van der Waals surface area (Å²) >= 11 is 0. The fraction of sp³-hybridized carbons (Fsp3) is 0.250. The highest BCUT2D eigenvalue weighted by Gasteiger charge is 2.26. The van der Waals surface area contributed by atoms with Gasteiger partial charge in [-0.25, -0.2) is 9.97 Å². The van der Waals surface area contributed by atoms with Crippen molar-refractivity contribution in [1.82, 2.24) is 20.2 Å². The van der Waals surface area contributed by atoms with Gasteiger partial charge in [-0.15, -0.1) is 0 Å². The number of carbonyl (C=O) groups excluding carboxylic acids is 1. The number of furan rings is 1. The maximum atomic E-state index is 12.7. The molecule has 3 heterocycles. The number of nitrogens with one attached hydrogen (secondary N) is 1. The van der Waals surface area contributed by atoms with Crippen molar-refractivity contribution in [1.29, 1.82) is 0 Å². The molecule has 1 fully saturated rings. The van der Waals surface area contributed by atoms with Crippen LogP contribution in [0.4, 0.5) is 5.82 Å². The molecule has 138 valence electrons. The molecule has 7 heteroatoms. The van der Waals surface area contributed by atoms with Gasteiger partial charge in [-0.05, 0) is 24.1 Å². The van der Waals surface area contributed by atoms with E-state index in [0.29, 0.717) is 11.5 Å². The van der Waals surface area contributed by atoms with Crippen molar-refractivity contribution in [2.45, 2.75) is 19.0 Å². The van der Waals surface area contributed by atoms with Gasteiger partial charge in [0.25, 0.3) is 5.91 Å². The van der Waals surface area contributed by atoms with E-state index in [9.17, 15) is 4.79 Å². The van der Waals surface area contributed by atoms with Crippen LogP contribution in [-0.4, -0.2) is 39.9 Å². The van der Waals surface area contributed by atoms with Crippen LogP contribution in [0.15, 0.2) is 59.3 Å². The standard InChI is InChI=1S/C20H21N5O2/c21-19-18(24-16(11-22-19)17-7-4-10-27-17)20(26)23-15-8-9-25(13-15)12-14-5-2-1-3-6-14/h1-7,10-11,15H,8-9,12-13H2,(H2,21,22)(H,23,26)/t15-/m1/s1. The Morgan fingerprint density at radius 2 is 2.11 bits per heavy atom. The van der Waals surface area contributed by atoms with E-state index in [1.54, 1.807) is 18.4 Å². The first-order valence-electron chi connectivity index (χ1n) is 8.92. The summed E-state index contributed by atoms with van der Waals surface area (Å²) in [4.78, 5) is 23.4. The van der Waals surface area contributed by atoms with Crippen LogP contribution in [0.1, 0.15) is 22.5 Å². The topological polar surface area (TPSA) is 97.3 Å². The molecule has 2 aromatic heterocycles. The number of benzene rings is 1. The Hall–Kier alpha value is -3.19. The Kier molecular flexibility index (Phi) is 4.84. The molecule has 1 aliphatic heterocycles. The molecular weight excluding hydrogens is 342 g/mol. The minimum absolute atomic E-state index is 0.0645. The molecule has 27 heavy (non-hydrogen) atoms. The Labute approximate surface area is 157 Å². The predicted molar refractivity (Wildman–Crippen MR) is 102 cm³/mol. The van der Waals surface area contributed by atoms with E-state index >= 15 is 0 Å². The number of hydrogen-bond donors (Lipinski definition) is 2. The fourth-order valence-electron chi connectivity index (χ4n) is 3.30. The number of nitrogens with two attached hydrogens (primary N) is 1. The first-order chi connectivity index (χ1) is 13.2. The Morgan fingerprint density at radius 1 is 1.26 bits per heavy atom. The van der Waals surface area contributed by atoms with E-state index in [1.807, 2.05) is 18.2 Å². The van der Waals surface area contributed by atoms with Crippen molar-refractivity contribution in [2.24, 2.45) is 0 Å². The fourth-order valence-corrected chi connectivity index (χ4v) is 3.30. The second-order valence-electron chi connectivity index (χ2n) is 6.65. The predicted octanol–water partition coefficient (Wildman–Crippen LogP) is 2.32. The number of nitrogens with zero attached hydrogens (tertiary/aromatic N) is 3. The van der Waals surface area contributed by atoms with Crippen LogP contribution >= 0.6 is 0 Å². The van der Waals surface area contributed by atoms with Gasteiger partial charge in [0.15, 0.2) is 17.3 Å². The van der Waals surface area contributed by atoms with Crippen LogP contribution in [0, 0.1) is 0 Å². The number of nitrogen functional groups attached to an aromatic ring is 1. The second-order valence-corrected chi connectivity index (χ2v) is 6.65. The molecule has 0 spiro atoms. The number of carbonyl (C=O) groups is 1. The van der Waals surface area contributed by atoms with Gasteiger partial charge in [-0.3, -0.25) is 9.69 Å². The third-order valence-electron chi connectivity index (χ3n) is 4.65. The highest BCUT2D eigenvalue weighted by atomic mass is 16.3. The molecule has 7 nitrogen and oxygen atoms in total. The molecule has 1 atom stereocenters. The van der Waals surface area contributed by atoms with E-state index in [0.717, 1.165) is 26.1 Å². The summed E-state index contributed by atoms with van der Waals surface area (Å²) in [5.41, 5.74) is 7.75. The number of rotatable bonds is 5. The van der Waals surface area contributed by atoms with Crippen molar-refractivity contribution in [3.8, 4) is 11.5 Å². The summed E-state index contributed by atoms with van der Waals surface area (Å²) in [5, 5.41) is 3.03. The third kappa shape index (κ3) is 3.98. The minimum Gasteiger partial charge on any atom is -0.463 e. The van der Waals surface area contributed by atoms with Gasteiger partial charge in [0.2, 0.25) is 0 Å². The SMILES string of the molecule is Nc1ncc(-c2ccco2)nc1C(=O)N[C@@H]1CCN(Cc2ccccc2)C1. The minimum atomic E-state index is -0.306. The molecular formula is C20H21N5O2. The number of likely N-dealkylation sites (tertiary alicyclic amines) is 1. The lowest BCUT2D eigenvalue weighted by Gasteiger charge is -2.17. The maximum Gasteiger partial charge on any atom is 0.274 e. The number of aromatic nitrogens is 2. The highest BCUT2D eigenvalue weighted by molar-refractivity contribution is 5.96. The summed E-state index contributed by atoms with van der Waals surface area (Å²) in [7, 11) is 0. The van der Waals surface area contributed by atoms with Crippen LogP contribution < -0.4 is 11.1 Å². The van der Waals surface area contributed by atoms with Crippen molar-refractivity contribution in [3.05, 3.63) is 66.2 Å². The number of hydrogen-bond acceptors (Lipinski definition) is 6. The molecule has 0 aliphatic carbocycles. The molecule has 0 radical (unpaired) electrons. The quantitative estimate of drug-likeness (QED) is 0.722. The summed E-state index contributed by atoms with van der Waals surface area (Å²) in [5.74, 6) is 0.355. The average Bonchev–Trinajstić information content (AvgIpc) is 3.35. The number of anilines is 1. The van der Waals surface area contributed by atoms with Gasteiger partial charge in [0, 0.05) is 25.7 Å². The van der Waals surface area contributed by atoms with Crippen LogP contribution in [0.5, 0.6) is 0 Å². The van der Waals surface area contributed by atoms with Gasteiger partial charge in [0.05, 0.1) is 12.5 Å². The van der Waals surface area contributed by atoms with Crippen molar-refractivity contribution < 1.29 is 9.21 Å². The van der Waals surface area contributed by atoms with Crippen LogP contribution in [0.2, 0.25) is 0 Å². The van der Waals surface area contributed by atoms with E-state index < -0.39 is 0 Å². The van der Waals surface area contributed by atoms with Gasteiger partial charge in [-0.1, -0.05) is 30.3 Å². The Morgan fingerprint density at radius 3 is 2.89 bits per heavy atom. The van der Waals surface area contributed by atoms with Gasteiger partial charge < -0.3 is 15.5 Å². The molecule has 1 aliphatic rings. The van der Waals surface area contributed by atoms with Gasteiger partial charge >= 0.3 is 0 Å². The van der Waals surface area contributed by atoms with Crippen LogP contribution in [0.3, 0.4) is 0 Å². The molecule has 3 N–H and O–H groups in total. The monoisotopic (exact) mass is 363 g/mol. The molecule has 0 unspecified atom stereocenters. The Bertz CT molecular complexity index is 911. The van der Waals surface area contributed by atoms with E-state index in [1.165, 1.54) is 11.8 Å². The van der Waals surface area contributed by atoms with Crippen molar-refractivity contribution in [2.75, 3.05) is 18.8 Å². The van der Waals surface area contributed by atoms with E-state index in [-0.39, 0.29) is 23.5 Å². The summed E-state index contributed by atoms with van der Waals surface area (Å²) in [6, 6.07) is 13.9. The summed E-state index contributed by atoms with van der Waals surface area (Å²) in [6.07, 6.45) is 3.94. The zero-order chi connectivity index (χ0) is 18.6. The van der Waals surface area contributed by atoms with Crippen LogP contribution in [0.25, 0.3) is 11.5 Å². The van der Waals surface area contributed by atoms with Gasteiger partial charge in [-0.2, -0.15) is 0 Å². The largest absolute Gasteiger partial charge is 0.463 e. The third-order valence-corrected chi connectivity index (χ3v) is 4.65. The molecule has 1 aromatic carbocycles. The maximum absolute atomic E-state index is 12.7.